The second-order valence-electron chi connectivity index (χ2n) is 16.5. The minimum absolute atomic E-state index is 0.0185. The molecule has 0 aliphatic carbocycles. The first-order chi connectivity index (χ1) is 29.7. The van der Waals surface area contributed by atoms with Gasteiger partial charge in [0.1, 0.15) is 19.4 Å². The van der Waals surface area contributed by atoms with Crippen LogP contribution in [0, 0.1) is 13.8 Å². The zero-order valence-corrected chi connectivity index (χ0v) is 36.3. The van der Waals surface area contributed by atoms with E-state index in [1.165, 1.54) is 43.4 Å². The van der Waals surface area contributed by atoms with Gasteiger partial charge in [-0.05, 0) is 101 Å². The van der Waals surface area contributed by atoms with Crippen LogP contribution in [0.5, 0.6) is 23.0 Å². The summed E-state index contributed by atoms with van der Waals surface area (Å²) in [7, 11) is 3.25. The van der Waals surface area contributed by atoms with Gasteiger partial charge in [0.05, 0.1) is 25.8 Å². The highest BCUT2D eigenvalue weighted by Crippen LogP contribution is 2.40. The molecule has 324 valence electrons. The highest BCUT2D eigenvalue weighted by atomic mass is 16.5. The molecule has 0 radical (unpaired) electrons. The standard InChI is InChI=1S/C25H32N2O4.C25H30N2O3/c1-18-7-6-8-19(15-18)21-17-24(28)27(25(21)29)20-9-10-22(30-2)23(16-20)31-14-13-26-11-4-3-5-12-26;1-19-7-6-8-20(17-19)22-11-14-27(25(22)28)21-9-10-23(29-2)24(18-21)30-16-15-26-12-4-3-5-13-26/h6-10,15-16,21,24,28H,3-5,11-14,17H2,1-2H3;6-11,17-18H,3-5,12-16H2,1-2H3. The number of hydrogen-bond donors (Lipinski definition) is 1. The van der Waals surface area contributed by atoms with E-state index in [0.29, 0.717) is 54.9 Å². The quantitative estimate of drug-likeness (QED) is 0.135. The first-order valence-electron chi connectivity index (χ1n) is 22.0. The Morgan fingerprint density at radius 2 is 1.20 bits per heavy atom. The van der Waals surface area contributed by atoms with Crippen LogP contribution in [0.1, 0.15) is 73.1 Å². The third kappa shape index (κ3) is 10.9. The Morgan fingerprint density at radius 1 is 0.639 bits per heavy atom. The Balaban J connectivity index is 0.000000184. The molecule has 4 aliphatic heterocycles. The smallest absolute Gasteiger partial charge is 0.258 e. The molecule has 8 rings (SSSR count). The third-order valence-electron chi connectivity index (χ3n) is 12.1. The molecule has 4 aromatic carbocycles. The number of amides is 2. The van der Waals surface area contributed by atoms with E-state index in [1.807, 2.05) is 80.6 Å². The summed E-state index contributed by atoms with van der Waals surface area (Å²) in [5.41, 5.74) is 6.36. The highest BCUT2D eigenvalue weighted by molar-refractivity contribution is 6.28. The van der Waals surface area contributed by atoms with Crippen LogP contribution in [0.15, 0.2) is 91.0 Å². The summed E-state index contributed by atoms with van der Waals surface area (Å²) in [5, 5.41) is 10.7. The number of hydrogen-bond acceptors (Lipinski definition) is 9. The first kappa shape index (κ1) is 43.7. The summed E-state index contributed by atoms with van der Waals surface area (Å²) in [5.74, 6) is 2.17. The fourth-order valence-electron chi connectivity index (χ4n) is 8.78. The van der Waals surface area contributed by atoms with Crippen molar-refractivity contribution < 1.29 is 33.6 Å². The van der Waals surface area contributed by atoms with Gasteiger partial charge in [-0.2, -0.15) is 0 Å². The van der Waals surface area contributed by atoms with E-state index in [1.54, 1.807) is 37.3 Å². The zero-order chi connectivity index (χ0) is 42.7. The van der Waals surface area contributed by atoms with Crippen LogP contribution in [-0.2, 0) is 9.59 Å². The fourth-order valence-corrected chi connectivity index (χ4v) is 8.78. The van der Waals surface area contributed by atoms with Gasteiger partial charge >= 0.3 is 0 Å². The molecule has 4 aliphatic rings. The Morgan fingerprint density at radius 3 is 1.77 bits per heavy atom. The van der Waals surface area contributed by atoms with E-state index in [-0.39, 0.29) is 17.7 Å². The van der Waals surface area contributed by atoms with Gasteiger partial charge < -0.3 is 29.0 Å². The summed E-state index contributed by atoms with van der Waals surface area (Å²) in [6, 6.07) is 27.1. The van der Waals surface area contributed by atoms with Crippen molar-refractivity contribution >= 4 is 28.8 Å². The average molecular weight is 831 g/mol. The van der Waals surface area contributed by atoms with Crippen LogP contribution in [0.4, 0.5) is 11.4 Å². The molecule has 1 N–H and O–H groups in total. The van der Waals surface area contributed by atoms with Gasteiger partial charge in [-0.1, -0.05) is 78.6 Å². The van der Waals surface area contributed by atoms with Crippen molar-refractivity contribution in [2.24, 2.45) is 0 Å². The number of piperidine rings is 2. The Hall–Kier alpha value is -5.36. The lowest BCUT2D eigenvalue weighted by Crippen LogP contribution is -2.34. The maximum Gasteiger partial charge on any atom is 0.258 e. The number of ether oxygens (including phenoxy) is 4. The van der Waals surface area contributed by atoms with Crippen molar-refractivity contribution in [2.45, 2.75) is 70.9 Å². The number of aliphatic hydroxyl groups is 1. The predicted molar refractivity (Wildman–Crippen MR) is 241 cm³/mol. The van der Waals surface area contributed by atoms with Crippen LogP contribution in [-0.4, -0.2) is 106 Å². The van der Waals surface area contributed by atoms with Gasteiger partial charge in [-0.3, -0.25) is 24.3 Å². The van der Waals surface area contributed by atoms with Crippen molar-refractivity contribution in [3.8, 4) is 23.0 Å². The molecule has 4 heterocycles. The second kappa shape index (κ2) is 20.9. The van der Waals surface area contributed by atoms with Crippen LogP contribution in [0.2, 0.25) is 0 Å². The lowest BCUT2D eigenvalue weighted by Gasteiger charge is -2.26. The molecule has 2 atom stereocenters. The van der Waals surface area contributed by atoms with E-state index in [0.717, 1.165) is 72.8 Å². The molecule has 0 saturated carbocycles. The summed E-state index contributed by atoms with van der Waals surface area (Å²) in [6.07, 6.45) is 9.17. The molecule has 0 aromatic heterocycles. The Kier molecular flexibility index (Phi) is 15.0. The van der Waals surface area contributed by atoms with Crippen molar-refractivity contribution in [3.05, 3.63) is 113 Å². The molecule has 11 nitrogen and oxygen atoms in total. The number of carbonyl (C=O) groups is 2. The summed E-state index contributed by atoms with van der Waals surface area (Å²) >= 11 is 0. The zero-order valence-electron chi connectivity index (χ0n) is 36.3. The first-order valence-corrected chi connectivity index (χ1v) is 22.0. The van der Waals surface area contributed by atoms with Crippen LogP contribution in [0.3, 0.4) is 0 Å². The highest BCUT2D eigenvalue weighted by Gasteiger charge is 2.40. The van der Waals surface area contributed by atoms with Gasteiger partial charge in [0, 0.05) is 49.4 Å². The molecule has 2 amide bonds. The number of aliphatic hydroxyl groups excluding tert-OH is 1. The number of aryl methyl sites for hydroxylation is 2. The van der Waals surface area contributed by atoms with Gasteiger partial charge in [0.15, 0.2) is 23.0 Å². The number of rotatable bonds is 14. The number of anilines is 2. The van der Waals surface area contributed by atoms with Crippen LogP contribution in [0.25, 0.3) is 5.57 Å². The molecule has 3 fully saturated rings. The maximum absolute atomic E-state index is 13.2. The van der Waals surface area contributed by atoms with Crippen LogP contribution < -0.4 is 28.7 Å². The topological polar surface area (TPSA) is 104 Å². The third-order valence-corrected chi connectivity index (χ3v) is 12.1. The average Bonchev–Trinajstić information content (AvgIpc) is 3.82. The monoisotopic (exact) mass is 830 g/mol. The number of nitrogens with zero attached hydrogens (tertiary/aromatic N) is 4. The normalized spacial score (nSPS) is 19.7. The van der Waals surface area contributed by atoms with Gasteiger partial charge in [-0.25, -0.2) is 0 Å². The van der Waals surface area contributed by atoms with E-state index < -0.39 is 6.23 Å². The summed E-state index contributed by atoms with van der Waals surface area (Å²) < 4.78 is 23.1. The van der Waals surface area contributed by atoms with E-state index in [2.05, 4.69) is 15.9 Å². The number of methoxy groups -OCH3 is 2. The Bertz CT molecular complexity index is 2140. The van der Waals surface area contributed by atoms with Crippen molar-refractivity contribution in [2.75, 3.05) is 83.0 Å². The predicted octanol–water partition coefficient (Wildman–Crippen LogP) is 8.01. The number of carbonyl (C=O) groups excluding carboxylic acids is 2. The molecular weight excluding hydrogens is 769 g/mol. The van der Waals surface area contributed by atoms with E-state index in [9.17, 15) is 14.7 Å². The van der Waals surface area contributed by atoms with Gasteiger partial charge in [-0.15, -0.1) is 0 Å². The summed E-state index contributed by atoms with van der Waals surface area (Å²) in [6.45, 7) is 12.1. The molecule has 11 heteroatoms. The van der Waals surface area contributed by atoms with Gasteiger partial charge in [0.25, 0.3) is 5.91 Å². The second-order valence-corrected chi connectivity index (χ2v) is 16.5. The molecule has 0 spiro atoms. The minimum Gasteiger partial charge on any atom is -0.493 e. The Labute approximate surface area is 361 Å². The van der Waals surface area contributed by atoms with E-state index >= 15 is 0 Å². The number of benzene rings is 4. The van der Waals surface area contributed by atoms with Crippen LogP contribution >= 0.6 is 0 Å². The minimum atomic E-state index is -0.868. The van der Waals surface area contributed by atoms with Crippen molar-refractivity contribution in [1.82, 2.24) is 9.80 Å². The molecule has 61 heavy (non-hydrogen) atoms. The largest absolute Gasteiger partial charge is 0.493 e. The number of likely N-dealkylation sites (tertiary alicyclic amines) is 2. The molecular formula is C50H62N4O7. The lowest BCUT2D eigenvalue weighted by atomic mass is 9.96. The van der Waals surface area contributed by atoms with E-state index in [4.69, 9.17) is 18.9 Å². The molecule has 2 unspecified atom stereocenters. The lowest BCUT2D eigenvalue weighted by molar-refractivity contribution is -0.118. The molecule has 0 bridgehead atoms. The summed E-state index contributed by atoms with van der Waals surface area (Å²) in [4.78, 5) is 34.4. The molecule has 4 aromatic rings. The SMILES string of the molecule is COc1ccc(N2C(=O)C(c3cccc(C)c3)CC2O)cc1OCCN1CCCCC1.COc1ccc(N2CC=C(c3cccc(C)c3)C2=O)cc1OCCN1CCCCC1. The van der Waals surface area contributed by atoms with Gasteiger partial charge in [0.2, 0.25) is 5.91 Å². The van der Waals surface area contributed by atoms with Crippen molar-refractivity contribution in [1.29, 1.82) is 0 Å². The fraction of sp³-hybridized carbons (Fsp3) is 0.440. The van der Waals surface area contributed by atoms with Crippen molar-refractivity contribution in [3.63, 3.8) is 0 Å². The molecule has 3 saturated heterocycles. The maximum atomic E-state index is 13.2.